The van der Waals surface area contributed by atoms with Crippen LogP contribution in [0.4, 0.5) is 0 Å². The SMILES string of the molecule is C[C@H]1CC[C@@H](N)CC1.Cl. The fourth-order valence-electron chi connectivity index (χ4n) is 1.29. The van der Waals surface area contributed by atoms with Crippen molar-refractivity contribution < 1.29 is 0 Å². The Balaban J connectivity index is 0.000000640. The van der Waals surface area contributed by atoms with Crippen LogP contribution in [0.1, 0.15) is 32.6 Å². The predicted molar refractivity (Wildman–Crippen MR) is 42.9 cm³/mol. The fourth-order valence-corrected chi connectivity index (χ4v) is 1.29. The monoisotopic (exact) mass is 149 g/mol. The lowest BCUT2D eigenvalue weighted by atomic mass is 9.88. The van der Waals surface area contributed by atoms with Gasteiger partial charge in [-0.2, -0.15) is 0 Å². The lowest BCUT2D eigenvalue weighted by Crippen LogP contribution is -2.25. The molecule has 0 aliphatic heterocycles. The summed E-state index contributed by atoms with van der Waals surface area (Å²) < 4.78 is 0. The highest BCUT2D eigenvalue weighted by molar-refractivity contribution is 5.85. The third-order valence-corrected chi connectivity index (χ3v) is 2.06. The first-order valence-electron chi connectivity index (χ1n) is 3.54. The molecule has 1 aliphatic carbocycles. The number of hydrogen-bond donors (Lipinski definition) is 1. The van der Waals surface area contributed by atoms with E-state index in [1.807, 2.05) is 0 Å². The summed E-state index contributed by atoms with van der Waals surface area (Å²) in [5.74, 6) is 0.940. The van der Waals surface area contributed by atoms with Crippen LogP contribution in [0.3, 0.4) is 0 Å². The number of rotatable bonds is 0. The number of halogens is 1. The Bertz CT molecular complexity index is 57.3. The van der Waals surface area contributed by atoms with Crippen LogP contribution in [0, 0.1) is 5.92 Å². The van der Waals surface area contributed by atoms with E-state index >= 15 is 0 Å². The van der Waals surface area contributed by atoms with Crippen LogP contribution in [0.5, 0.6) is 0 Å². The van der Waals surface area contributed by atoms with Crippen molar-refractivity contribution in [1.82, 2.24) is 0 Å². The average Bonchev–Trinajstić information content (AvgIpc) is 1.77. The van der Waals surface area contributed by atoms with E-state index in [-0.39, 0.29) is 12.4 Å². The van der Waals surface area contributed by atoms with Crippen molar-refractivity contribution >= 4 is 12.4 Å². The topological polar surface area (TPSA) is 26.0 Å². The second kappa shape index (κ2) is 4.13. The van der Waals surface area contributed by atoms with Gasteiger partial charge in [0.05, 0.1) is 0 Å². The second-order valence-electron chi connectivity index (χ2n) is 3.02. The molecule has 1 saturated carbocycles. The third-order valence-electron chi connectivity index (χ3n) is 2.06. The summed E-state index contributed by atoms with van der Waals surface area (Å²) in [6, 6.07) is 0.520. The first-order chi connectivity index (χ1) is 3.79. The molecule has 0 heterocycles. The van der Waals surface area contributed by atoms with Gasteiger partial charge >= 0.3 is 0 Å². The van der Waals surface area contributed by atoms with Gasteiger partial charge in [0.25, 0.3) is 0 Å². The Morgan fingerprint density at radius 1 is 1.11 bits per heavy atom. The zero-order valence-corrected chi connectivity index (χ0v) is 6.79. The van der Waals surface area contributed by atoms with Gasteiger partial charge in [0.15, 0.2) is 0 Å². The van der Waals surface area contributed by atoms with Crippen molar-refractivity contribution in [3.8, 4) is 0 Å². The summed E-state index contributed by atoms with van der Waals surface area (Å²) in [5, 5.41) is 0. The van der Waals surface area contributed by atoms with E-state index in [0.717, 1.165) is 5.92 Å². The highest BCUT2D eigenvalue weighted by atomic mass is 35.5. The van der Waals surface area contributed by atoms with E-state index in [1.54, 1.807) is 0 Å². The first-order valence-corrected chi connectivity index (χ1v) is 3.54. The highest BCUT2D eigenvalue weighted by Gasteiger charge is 2.13. The van der Waals surface area contributed by atoms with Gasteiger partial charge in [-0.05, 0) is 31.6 Å². The van der Waals surface area contributed by atoms with Gasteiger partial charge in [-0.25, -0.2) is 0 Å². The minimum atomic E-state index is 0. The zero-order chi connectivity index (χ0) is 5.98. The molecule has 1 rings (SSSR count). The lowest BCUT2D eigenvalue weighted by molar-refractivity contribution is 0.348. The van der Waals surface area contributed by atoms with Crippen molar-refractivity contribution in [3.05, 3.63) is 0 Å². The maximum atomic E-state index is 5.70. The zero-order valence-electron chi connectivity index (χ0n) is 5.97. The fraction of sp³-hybridized carbons (Fsp3) is 1.00. The van der Waals surface area contributed by atoms with E-state index in [4.69, 9.17) is 5.73 Å². The van der Waals surface area contributed by atoms with Gasteiger partial charge < -0.3 is 5.73 Å². The predicted octanol–water partition coefficient (Wildman–Crippen LogP) is 1.95. The van der Waals surface area contributed by atoms with Gasteiger partial charge in [-0.3, -0.25) is 0 Å². The number of hydrogen-bond acceptors (Lipinski definition) is 1. The molecule has 0 amide bonds. The van der Waals surface area contributed by atoms with Gasteiger partial charge in [0.2, 0.25) is 0 Å². The Morgan fingerprint density at radius 3 is 1.89 bits per heavy atom. The van der Waals surface area contributed by atoms with Crippen molar-refractivity contribution in [2.24, 2.45) is 11.7 Å². The van der Waals surface area contributed by atoms with Crippen LogP contribution in [0.25, 0.3) is 0 Å². The highest BCUT2D eigenvalue weighted by Crippen LogP contribution is 2.21. The van der Waals surface area contributed by atoms with Crippen LogP contribution in [0.2, 0.25) is 0 Å². The van der Waals surface area contributed by atoms with Crippen molar-refractivity contribution in [3.63, 3.8) is 0 Å². The molecule has 2 N–H and O–H groups in total. The summed E-state index contributed by atoms with van der Waals surface area (Å²) in [5.41, 5.74) is 5.70. The average molecular weight is 150 g/mol. The molecule has 0 aromatic carbocycles. The molecule has 1 aliphatic rings. The summed E-state index contributed by atoms with van der Waals surface area (Å²) >= 11 is 0. The molecule has 0 spiro atoms. The molecule has 0 bridgehead atoms. The molecule has 56 valence electrons. The maximum absolute atomic E-state index is 5.70. The molecule has 2 heteroatoms. The molecular formula is C7H16ClN. The molecule has 1 nitrogen and oxygen atoms in total. The van der Waals surface area contributed by atoms with E-state index in [9.17, 15) is 0 Å². The molecule has 0 aromatic rings. The summed E-state index contributed by atoms with van der Waals surface area (Å²) in [6.45, 7) is 2.31. The smallest absolute Gasteiger partial charge is 0.00390 e. The Kier molecular flexibility index (Phi) is 4.24. The quantitative estimate of drug-likeness (QED) is 0.560. The lowest BCUT2D eigenvalue weighted by Gasteiger charge is -2.22. The minimum absolute atomic E-state index is 0. The molecule has 0 aromatic heterocycles. The van der Waals surface area contributed by atoms with Crippen LogP contribution >= 0.6 is 12.4 Å². The molecule has 0 radical (unpaired) electrons. The molecule has 0 saturated heterocycles. The summed E-state index contributed by atoms with van der Waals surface area (Å²) in [7, 11) is 0. The molecule has 0 atom stereocenters. The van der Waals surface area contributed by atoms with Crippen LogP contribution in [-0.2, 0) is 0 Å². The van der Waals surface area contributed by atoms with E-state index in [0.29, 0.717) is 6.04 Å². The van der Waals surface area contributed by atoms with Gasteiger partial charge in [-0.15, -0.1) is 12.4 Å². The van der Waals surface area contributed by atoms with Crippen molar-refractivity contribution in [1.29, 1.82) is 0 Å². The minimum Gasteiger partial charge on any atom is -0.328 e. The molecule has 0 unspecified atom stereocenters. The summed E-state index contributed by atoms with van der Waals surface area (Å²) in [4.78, 5) is 0. The molecular weight excluding hydrogens is 134 g/mol. The molecule has 1 fully saturated rings. The van der Waals surface area contributed by atoms with Crippen LogP contribution in [0.15, 0.2) is 0 Å². The second-order valence-corrected chi connectivity index (χ2v) is 3.02. The van der Waals surface area contributed by atoms with Gasteiger partial charge in [-0.1, -0.05) is 6.92 Å². The largest absolute Gasteiger partial charge is 0.328 e. The van der Waals surface area contributed by atoms with Gasteiger partial charge in [0, 0.05) is 6.04 Å². The standard InChI is InChI=1S/C7H15N.ClH/c1-6-2-4-7(8)5-3-6;/h6-7H,2-5,8H2,1H3;1H/t6-,7+;. The number of nitrogens with two attached hydrogens (primary N) is 1. The Morgan fingerprint density at radius 2 is 1.56 bits per heavy atom. The molecule has 9 heavy (non-hydrogen) atoms. The van der Waals surface area contributed by atoms with Crippen molar-refractivity contribution in [2.45, 2.75) is 38.6 Å². The normalized spacial score (nSPS) is 35.3. The van der Waals surface area contributed by atoms with E-state index in [2.05, 4.69) is 6.92 Å². The van der Waals surface area contributed by atoms with Crippen molar-refractivity contribution in [2.75, 3.05) is 0 Å². The third kappa shape index (κ3) is 3.07. The van der Waals surface area contributed by atoms with Crippen LogP contribution < -0.4 is 5.73 Å². The Hall–Kier alpha value is 0.250. The maximum Gasteiger partial charge on any atom is 0.00390 e. The first kappa shape index (κ1) is 9.25. The Labute approximate surface area is 63.4 Å². The van der Waals surface area contributed by atoms with E-state index in [1.165, 1.54) is 25.7 Å². The van der Waals surface area contributed by atoms with E-state index < -0.39 is 0 Å². The van der Waals surface area contributed by atoms with Gasteiger partial charge in [0.1, 0.15) is 0 Å². The summed E-state index contributed by atoms with van der Waals surface area (Å²) in [6.07, 6.45) is 5.20. The van der Waals surface area contributed by atoms with Crippen LogP contribution in [-0.4, -0.2) is 6.04 Å².